The molecule has 0 aliphatic carbocycles. The van der Waals surface area contributed by atoms with E-state index in [2.05, 4.69) is 49.7 Å². The van der Waals surface area contributed by atoms with Crippen molar-refractivity contribution in [2.45, 2.75) is 53.5 Å². The van der Waals surface area contributed by atoms with Crippen molar-refractivity contribution < 1.29 is 9.18 Å². The fourth-order valence-corrected chi connectivity index (χ4v) is 3.57. The summed E-state index contributed by atoms with van der Waals surface area (Å²) in [7, 11) is 0. The van der Waals surface area contributed by atoms with Gasteiger partial charge in [0.05, 0.1) is 11.0 Å². The highest BCUT2D eigenvalue weighted by Gasteiger charge is 2.24. The van der Waals surface area contributed by atoms with Gasteiger partial charge in [0.25, 0.3) is 0 Å². The predicted octanol–water partition coefficient (Wildman–Crippen LogP) is 5.11. The molecule has 1 heterocycles. The molecule has 154 valence electrons. The molecule has 1 atom stereocenters. The number of hydrogen-bond acceptors (Lipinski definition) is 2. The molecule has 0 spiro atoms. The average molecular weight is 396 g/mol. The highest BCUT2D eigenvalue weighted by atomic mass is 19.1. The number of nitrogens with zero attached hydrogens (tertiary/aromatic N) is 2. The zero-order chi connectivity index (χ0) is 21.1. The molecule has 3 aromatic rings. The first-order chi connectivity index (χ1) is 13.8. The van der Waals surface area contributed by atoms with Crippen LogP contribution in [0.4, 0.5) is 4.39 Å². The van der Waals surface area contributed by atoms with E-state index in [-0.39, 0.29) is 17.8 Å². The van der Waals surface area contributed by atoms with E-state index in [4.69, 9.17) is 4.98 Å². The van der Waals surface area contributed by atoms with E-state index < -0.39 is 0 Å². The fraction of sp³-hybridized carbons (Fsp3) is 0.417. The molecule has 0 saturated heterocycles. The third-order valence-electron chi connectivity index (χ3n) is 5.34. The molecule has 0 bridgehead atoms. The summed E-state index contributed by atoms with van der Waals surface area (Å²) < 4.78 is 15.4. The molecule has 3 rings (SSSR count). The molecule has 29 heavy (non-hydrogen) atoms. The van der Waals surface area contributed by atoms with Crippen LogP contribution in [0, 0.1) is 25.6 Å². The number of benzene rings is 2. The summed E-state index contributed by atoms with van der Waals surface area (Å²) in [4.78, 5) is 17.9. The van der Waals surface area contributed by atoms with Gasteiger partial charge < -0.3 is 9.88 Å². The van der Waals surface area contributed by atoms with E-state index >= 15 is 0 Å². The van der Waals surface area contributed by atoms with Crippen molar-refractivity contribution in [3.63, 3.8) is 0 Å². The van der Waals surface area contributed by atoms with Crippen molar-refractivity contribution in [3.05, 3.63) is 64.7 Å². The second kappa shape index (κ2) is 8.76. The van der Waals surface area contributed by atoms with Gasteiger partial charge in [-0.15, -0.1) is 0 Å². The number of amides is 1. The highest BCUT2D eigenvalue weighted by molar-refractivity contribution is 5.85. The first-order valence-electron chi connectivity index (χ1n) is 10.3. The lowest BCUT2D eigenvalue weighted by atomic mass is 10.1. The number of hydrogen-bond donors (Lipinski definition) is 1. The smallest absolute Gasteiger partial charge is 0.243 e. The second-order valence-corrected chi connectivity index (χ2v) is 8.19. The van der Waals surface area contributed by atoms with Gasteiger partial charge in [0.2, 0.25) is 5.91 Å². The fourth-order valence-electron chi connectivity index (χ4n) is 3.57. The second-order valence-electron chi connectivity index (χ2n) is 8.19. The Morgan fingerprint density at radius 2 is 1.79 bits per heavy atom. The Morgan fingerprint density at radius 1 is 1.14 bits per heavy atom. The van der Waals surface area contributed by atoms with Crippen molar-refractivity contribution >= 4 is 16.9 Å². The van der Waals surface area contributed by atoms with Gasteiger partial charge in [0, 0.05) is 13.0 Å². The molecule has 0 aliphatic rings. The van der Waals surface area contributed by atoms with Gasteiger partial charge in [-0.2, -0.15) is 0 Å². The number of imidazole rings is 1. The zero-order valence-electron chi connectivity index (χ0n) is 17.9. The van der Waals surface area contributed by atoms with Crippen molar-refractivity contribution in [1.29, 1.82) is 0 Å². The number of carbonyl (C=O) groups excluding carboxylic acids is 1. The van der Waals surface area contributed by atoms with Gasteiger partial charge in [0.15, 0.2) is 0 Å². The summed E-state index contributed by atoms with van der Waals surface area (Å²) in [6, 6.07) is 10.3. The van der Waals surface area contributed by atoms with Crippen LogP contribution in [0.25, 0.3) is 11.0 Å². The number of halogens is 1. The quantitative estimate of drug-likeness (QED) is 0.604. The maximum absolute atomic E-state index is 13.3. The van der Waals surface area contributed by atoms with E-state index in [0.29, 0.717) is 25.3 Å². The number of fused-ring (bicyclic) bond motifs is 1. The Kier molecular flexibility index (Phi) is 6.36. The zero-order valence-corrected chi connectivity index (χ0v) is 17.9. The summed E-state index contributed by atoms with van der Waals surface area (Å²) in [6.45, 7) is 11.0. The predicted molar refractivity (Wildman–Crippen MR) is 116 cm³/mol. The first-order valence-corrected chi connectivity index (χ1v) is 10.3. The monoisotopic (exact) mass is 395 g/mol. The van der Waals surface area contributed by atoms with Crippen molar-refractivity contribution in [2.75, 3.05) is 6.54 Å². The normalized spacial score (nSPS) is 12.5. The van der Waals surface area contributed by atoms with Crippen LogP contribution >= 0.6 is 0 Å². The van der Waals surface area contributed by atoms with E-state index in [9.17, 15) is 9.18 Å². The number of aromatic nitrogens is 2. The molecule has 0 fully saturated rings. The number of rotatable bonds is 7. The number of aryl methyl sites for hydroxylation is 2. The summed E-state index contributed by atoms with van der Waals surface area (Å²) >= 11 is 0. The minimum absolute atomic E-state index is 0.0130. The Morgan fingerprint density at radius 3 is 2.41 bits per heavy atom. The Labute approximate surface area is 172 Å². The molecule has 0 saturated carbocycles. The molecule has 1 amide bonds. The summed E-state index contributed by atoms with van der Waals surface area (Å²) in [5.74, 6) is 0.967. The van der Waals surface area contributed by atoms with Crippen molar-refractivity contribution in [1.82, 2.24) is 14.9 Å². The maximum atomic E-state index is 13.3. The minimum Gasteiger partial charge on any atom is -0.354 e. The van der Waals surface area contributed by atoms with Crippen LogP contribution in [0.15, 0.2) is 36.4 Å². The summed E-state index contributed by atoms with van der Waals surface area (Å²) in [6.07, 6.45) is 1.21. The van der Waals surface area contributed by atoms with Crippen molar-refractivity contribution in [2.24, 2.45) is 5.92 Å². The standard InChI is InChI=1S/C24H30FN3O/c1-6-21(24(29)26-14-15(2)3)28-22-12-17(5)16(4)11-20(22)27-23(28)13-18-7-9-19(25)10-8-18/h7-12,15,21H,6,13-14H2,1-5H3,(H,26,29)/t21-/m1/s1. The van der Waals surface area contributed by atoms with Crippen LogP contribution in [-0.4, -0.2) is 22.0 Å². The SMILES string of the molecule is CC[C@H](C(=O)NCC(C)C)n1c(Cc2ccc(F)cc2)nc2cc(C)c(C)cc21. The van der Waals surface area contributed by atoms with Gasteiger partial charge in [0.1, 0.15) is 17.7 Å². The first kappa shape index (κ1) is 21.0. The lowest BCUT2D eigenvalue weighted by molar-refractivity contribution is -0.124. The van der Waals surface area contributed by atoms with E-state index in [1.165, 1.54) is 23.3 Å². The third kappa shape index (κ3) is 4.66. The molecular formula is C24H30FN3O. The van der Waals surface area contributed by atoms with E-state index in [1.54, 1.807) is 12.1 Å². The molecule has 1 aromatic heterocycles. The number of nitrogens with one attached hydrogen (secondary N) is 1. The van der Waals surface area contributed by atoms with Gasteiger partial charge in [-0.25, -0.2) is 9.37 Å². The lowest BCUT2D eigenvalue weighted by Crippen LogP contribution is -2.35. The Hall–Kier alpha value is -2.69. The van der Waals surface area contributed by atoms with Crippen LogP contribution in [0.2, 0.25) is 0 Å². The van der Waals surface area contributed by atoms with Crippen LogP contribution in [0.1, 0.15) is 55.7 Å². The molecule has 5 heteroatoms. The lowest BCUT2D eigenvalue weighted by Gasteiger charge is -2.21. The third-order valence-corrected chi connectivity index (χ3v) is 5.34. The van der Waals surface area contributed by atoms with Gasteiger partial charge >= 0.3 is 0 Å². The van der Waals surface area contributed by atoms with Crippen molar-refractivity contribution in [3.8, 4) is 0 Å². The number of carbonyl (C=O) groups is 1. The average Bonchev–Trinajstić information content (AvgIpc) is 3.00. The largest absolute Gasteiger partial charge is 0.354 e. The molecule has 1 N–H and O–H groups in total. The van der Waals surface area contributed by atoms with Crippen LogP contribution < -0.4 is 5.32 Å². The molecule has 2 aromatic carbocycles. The topological polar surface area (TPSA) is 46.9 Å². The van der Waals surface area contributed by atoms with E-state index in [1.807, 2.05) is 6.92 Å². The van der Waals surface area contributed by atoms with Gasteiger partial charge in [-0.3, -0.25) is 4.79 Å². The summed E-state index contributed by atoms with van der Waals surface area (Å²) in [5, 5.41) is 3.07. The molecule has 0 aliphatic heterocycles. The molecule has 0 radical (unpaired) electrons. The molecule has 0 unspecified atom stereocenters. The maximum Gasteiger partial charge on any atom is 0.243 e. The Bertz CT molecular complexity index is 1010. The Balaban J connectivity index is 2.09. The van der Waals surface area contributed by atoms with Gasteiger partial charge in [-0.05, 0) is 67.1 Å². The van der Waals surface area contributed by atoms with Crippen LogP contribution in [0.3, 0.4) is 0 Å². The molecular weight excluding hydrogens is 365 g/mol. The van der Waals surface area contributed by atoms with Crippen LogP contribution in [0.5, 0.6) is 0 Å². The highest BCUT2D eigenvalue weighted by Crippen LogP contribution is 2.27. The molecule has 4 nitrogen and oxygen atoms in total. The minimum atomic E-state index is -0.337. The van der Waals surface area contributed by atoms with Gasteiger partial charge in [-0.1, -0.05) is 32.9 Å². The van der Waals surface area contributed by atoms with E-state index in [0.717, 1.165) is 22.4 Å². The summed E-state index contributed by atoms with van der Waals surface area (Å²) in [5.41, 5.74) is 5.17. The van der Waals surface area contributed by atoms with Crippen LogP contribution in [-0.2, 0) is 11.2 Å².